The van der Waals surface area contributed by atoms with Gasteiger partial charge in [-0.15, -0.1) is 0 Å². The SMILES string of the molecule is CN1C(=O)N/C(=C/c2ccc(C(C)(C)C)cc2)C1=O. The molecule has 0 spiro atoms. The smallest absolute Gasteiger partial charge is 0.303 e. The van der Waals surface area contributed by atoms with Crippen molar-refractivity contribution in [2.45, 2.75) is 26.2 Å². The third-order valence-corrected chi connectivity index (χ3v) is 3.17. The summed E-state index contributed by atoms with van der Waals surface area (Å²) < 4.78 is 0. The van der Waals surface area contributed by atoms with Crippen LogP contribution in [-0.4, -0.2) is 23.9 Å². The van der Waals surface area contributed by atoms with E-state index >= 15 is 0 Å². The second-order valence-electron chi connectivity index (χ2n) is 5.72. The molecule has 1 heterocycles. The lowest BCUT2D eigenvalue weighted by atomic mass is 9.87. The van der Waals surface area contributed by atoms with Crippen molar-refractivity contribution in [2.24, 2.45) is 0 Å². The molecule has 1 saturated heterocycles. The molecule has 1 aromatic rings. The second kappa shape index (κ2) is 4.53. The van der Waals surface area contributed by atoms with Gasteiger partial charge in [0.05, 0.1) is 0 Å². The van der Waals surface area contributed by atoms with Crippen LogP contribution >= 0.6 is 0 Å². The number of nitrogens with zero attached hydrogens (tertiary/aromatic N) is 1. The third kappa shape index (κ3) is 2.67. The van der Waals surface area contributed by atoms with Gasteiger partial charge in [0.25, 0.3) is 5.91 Å². The molecule has 0 bridgehead atoms. The predicted molar refractivity (Wildman–Crippen MR) is 74.4 cm³/mol. The normalized spacial score (nSPS) is 18.1. The molecule has 0 radical (unpaired) electrons. The molecule has 1 N–H and O–H groups in total. The maximum atomic E-state index is 11.7. The van der Waals surface area contributed by atoms with E-state index in [1.54, 1.807) is 6.08 Å². The summed E-state index contributed by atoms with van der Waals surface area (Å²) in [5.74, 6) is -0.301. The Kier molecular flexibility index (Phi) is 3.18. The van der Waals surface area contributed by atoms with Gasteiger partial charge in [0.2, 0.25) is 0 Å². The summed E-state index contributed by atoms with van der Waals surface area (Å²) in [4.78, 5) is 24.1. The van der Waals surface area contributed by atoms with Crippen molar-refractivity contribution in [3.8, 4) is 0 Å². The molecule has 0 unspecified atom stereocenters. The lowest BCUT2D eigenvalue weighted by Gasteiger charge is -2.18. The van der Waals surface area contributed by atoms with Crippen LogP contribution in [0.1, 0.15) is 31.9 Å². The van der Waals surface area contributed by atoms with E-state index in [4.69, 9.17) is 0 Å². The average molecular weight is 258 g/mol. The van der Waals surface area contributed by atoms with Gasteiger partial charge in [-0.25, -0.2) is 4.79 Å². The van der Waals surface area contributed by atoms with Crippen LogP contribution in [-0.2, 0) is 10.2 Å². The van der Waals surface area contributed by atoms with E-state index < -0.39 is 0 Å². The minimum Gasteiger partial charge on any atom is -0.303 e. The Balaban J connectivity index is 2.25. The number of imide groups is 1. The van der Waals surface area contributed by atoms with E-state index in [0.29, 0.717) is 5.70 Å². The summed E-state index contributed by atoms with van der Waals surface area (Å²) in [6.45, 7) is 6.45. The first-order valence-electron chi connectivity index (χ1n) is 6.20. The maximum Gasteiger partial charge on any atom is 0.328 e. The first kappa shape index (κ1) is 13.3. The molecule has 0 saturated carbocycles. The summed E-state index contributed by atoms with van der Waals surface area (Å²) in [6.07, 6.45) is 1.69. The summed E-state index contributed by atoms with van der Waals surface area (Å²) in [5, 5.41) is 2.55. The van der Waals surface area contributed by atoms with E-state index in [0.717, 1.165) is 10.5 Å². The fourth-order valence-corrected chi connectivity index (χ4v) is 1.87. The van der Waals surface area contributed by atoms with E-state index in [2.05, 4.69) is 26.1 Å². The van der Waals surface area contributed by atoms with Crippen molar-refractivity contribution in [2.75, 3.05) is 7.05 Å². The molecule has 1 aliphatic heterocycles. The average Bonchev–Trinajstić information content (AvgIpc) is 2.57. The molecule has 1 fully saturated rings. The minimum absolute atomic E-state index is 0.100. The zero-order chi connectivity index (χ0) is 14.2. The van der Waals surface area contributed by atoms with Gasteiger partial charge < -0.3 is 5.32 Å². The van der Waals surface area contributed by atoms with E-state index in [1.165, 1.54) is 12.6 Å². The van der Waals surface area contributed by atoms with Gasteiger partial charge >= 0.3 is 6.03 Å². The Bertz CT molecular complexity index is 551. The van der Waals surface area contributed by atoms with Crippen LogP contribution in [0.2, 0.25) is 0 Å². The van der Waals surface area contributed by atoms with E-state index in [-0.39, 0.29) is 17.4 Å². The van der Waals surface area contributed by atoms with Gasteiger partial charge in [-0.2, -0.15) is 0 Å². The van der Waals surface area contributed by atoms with Crippen LogP contribution in [0.25, 0.3) is 6.08 Å². The van der Waals surface area contributed by atoms with Gasteiger partial charge in [-0.1, -0.05) is 45.0 Å². The molecule has 3 amide bonds. The van der Waals surface area contributed by atoms with Crippen LogP contribution in [0.3, 0.4) is 0 Å². The van der Waals surface area contributed by atoms with Crippen molar-refractivity contribution < 1.29 is 9.59 Å². The van der Waals surface area contributed by atoms with Gasteiger partial charge in [0.15, 0.2) is 0 Å². The maximum absolute atomic E-state index is 11.7. The lowest BCUT2D eigenvalue weighted by Crippen LogP contribution is -2.25. The van der Waals surface area contributed by atoms with Crippen molar-refractivity contribution >= 4 is 18.0 Å². The molecule has 4 heteroatoms. The summed E-state index contributed by atoms with van der Waals surface area (Å²) in [5.41, 5.74) is 2.54. The van der Waals surface area contributed by atoms with Crippen LogP contribution < -0.4 is 5.32 Å². The monoisotopic (exact) mass is 258 g/mol. The van der Waals surface area contributed by atoms with Gasteiger partial charge in [0.1, 0.15) is 5.70 Å². The second-order valence-corrected chi connectivity index (χ2v) is 5.72. The molecule has 0 aliphatic carbocycles. The van der Waals surface area contributed by atoms with Gasteiger partial charge in [-0.3, -0.25) is 9.69 Å². The predicted octanol–water partition coefficient (Wildman–Crippen LogP) is 2.51. The number of urea groups is 1. The number of carbonyl (C=O) groups is 2. The molecule has 2 rings (SSSR count). The standard InChI is InChI=1S/C15H18N2O2/c1-15(2,3)11-7-5-10(6-8-11)9-12-13(18)17(4)14(19)16-12/h5-9H,1-4H3,(H,16,19)/b12-9+. The van der Waals surface area contributed by atoms with Crippen molar-refractivity contribution in [1.82, 2.24) is 10.2 Å². The fourth-order valence-electron chi connectivity index (χ4n) is 1.87. The van der Waals surface area contributed by atoms with E-state index in [1.807, 2.05) is 24.3 Å². The number of hydrogen-bond donors (Lipinski definition) is 1. The highest BCUT2D eigenvalue weighted by Crippen LogP contribution is 2.23. The lowest BCUT2D eigenvalue weighted by molar-refractivity contribution is -0.121. The number of benzene rings is 1. The van der Waals surface area contributed by atoms with Crippen LogP contribution in [0.15, 0.2) is 30.0 Å². The third-order valence-electron chi connectivity index (χ3n) is 3.17. The molecule has 100 valence electrons. The highest BCUT2D eigenvalue weighted by Gasteiger charge is 2.29. The zero-order valence-electron chi connectivity index (χ0n) is 11.7. The van der Waals surface area contributed by atoms with E-state index in [9.17, 15) is 9.59 Å². The number of rotatable bonds is 1. The molecular weight excluding hydrogens is 240 g/mol. The number of likely N-dealkylation sites (N-methyl/N-ethyl adjacent to an activating group) is 1. The first-order chi connectivity index (χ1) is 8.79. The molecule has 1 aliphatic rings. The first-order valence-corrected chi connectivity index (χ1v) is 6.20. The topological polar surface area (TPSA) is 49.4 Å². The highest BCUT2D eigenvalue weighted by molar-refractivity contribution is 6.13. The quantitative estimate of drug-likeness (QED) is 0.621. The minimum atomic E-state index is -0.387. The van der Waals surface area contributed by atoms with Crippen LogP contribution in [0.5, 0.6) is 0 Å². The van der Waals surface area contributed by atoms with Crippen molar-refractivity contribution in [3.05, 3.63) is 41.1 Å². The molecule has 4 nitrogen and oxygen atoms in total. The fraction of sp³-hybridized carbons (Fsp3) is 0.333. The number of hydrogen-bond acceptors (Lipinski definition) is 2. The Labute approximate surface area is 113 Å². The number of carbonyl (C=O) groups excluding carboxylic acids is 2. The summed E-state index contributed by atoms with van der Waals surface area (Å²) >= 11 is 0. The van der Waals surface area contributed by atoms with Gasteiger partial charge in [-0.05, 0) is 22.6 Å². The summed E-state index contributed by atoms with van der Waals surface area (Å²) in [7, 11) is 1.46. The zero-order valence-corrected chi connectivity index (χ0v) is 11.7. The molecule has 1 aromatic carbocycles. The Morgan fingerprint density at radius 3 is 2.11 bits per heavy atom. The Morgan fingerprint density at radius 2 is 1.68 bits per heavy atom. The van der Waals surface area contributed by atoms with Crippen molar-refractivity contribution in [1.29, 1.82) is 0 Å². The van der Waals surface area contributed by atoms with Crippen molar-refractivity contribution in [3.63, 3.8) is 0 Å². The van der Waals surface area contributed by atoms with Crippen LogP contribution in [0.4, 0.5) is 4.79 Å². The summed E-state index contributed by atoms with van der Waals surface area (Å²) in [6, 6.07) is 7.59. The molecule has 19 heavy (non-hydrogen) atoms. The molecule has 0 aromatic heterocycles. The van der Waals surface area contributed by atoms with Crippen LogP contribution in [0, 0.1) is 0 Å². The molecular formula is C15H18N2O2. The number of nitrogens with one attached hydrogen (secondary N) is 1. The highest BCUT2D eigenvalue weighted by atomic mass is 16.2. The largest absolute Gasteiger partial charge is 0.328 e. The van der Waals surface area contributed by atoms with Gasteiger partial charge in [0, 0.05) is 7.05 Å². The number of amides is 3. The Morgan fingerprint density at radius 1 is 1.11 bits per heavy atom. The Hall–Kier alpha value is -2.10. The molecule has 0 atom stereocenters.